The highest BCUT2D eigenvalue weighted by atomic mass is 16.6. The maximum Gasteiger partial charge on any atom is 0.410 e. The molecule has 1 aromatic heterocycles. The van der Waals surface area contributed by atoms with E-state index in [-0.39, 0.29) is 13.0 Å². The highest BCUT2D eigenvalue weighted by Gasteiger charge is 2.29. The number of H-pyrrole nitrogens is 1. The second-order valence-corrected chi connectivity index (χ2v) is 4.95. The molecule has 1 atom stereocenters. The summed E-state index contributed by atoms with van der Waals surface area (Å²) in [6.45, 7) is 0.139. The summed E-state index contributed by atoms with van der Waals surface area (Å²) < 4.78 is 10.0. The van der Waals surface area contributed by atoms with Gasteiger partial charge in [-0.1, -0.05) is 30.3 Å². The molecule has 0 saturated heterocycles. The number of rotatable bonds is 6. The number of carbonyl (C=O) groups excluding carboxylic acids is 2. The maximum absolute atomic E-state index is 12.2. The topological polar surface area (TPSA) is 84.5 Å². The van der Waals surface area contributed by atoms with Gasteiger partial charge in [0.1, 0.15) is 12.6 Å². The molecule has 0 bridgehead atoms. The van der Waals surface area contributed by atoms with Gasteiger partial charge in [-0.25, -0.2) is 14.6 Å². The summed E-state index contributed by atoms with van der Waals surface area (Å²) in [7, 11) is 2.78. The molecule has 7 heteroatoms. The van der Waals surface area contributed by atoms with Crippen molar-refractivity contribution in [3.05, 3.63) is 54.1 Å². The summed E-state index contributed by atoms with van der Waals surface area (Å²) in [6, 6.07) is 8.52. The molecule has 0 unspecified atom stereocenters. The van der Waals surface area contributed by atoms with Crippen molar-refractivity contribution >= 4 is 12.1 Å². The van der Waals surface area contributed by atoms with Crippen LogP contribution < -0.4 is 0 Å². The molecule has 2 rings (SSSR count). The van der Waals surface area contributed by atoms with Gasteiger partial charge in [0.15, 0.2) is 0 Å². The second kappa shape index (κ2) is 7.98. The average molecular weight is 317 g/mol. The normalized spacial score (nSPS) is 11.6. The lowest BCUT2D eigenvalue weighted by molar-refractivity contribution is -0.146. The van der Waals surface area contributed by atoms with Crippen molar-refractivity contribution in [2.75, 3.05) is 14.2 Å². The van der Waals surface area contributed by atoms with Gasteiger partial charge in [0.05, 0.1) is 19.1 Å². The Labute approximate surface area is 134 Å². The second-order valence-electron chi connectivity index (χ2n) is 4.95. The first-order valence-electron chi connectivity index (χ1n) is 7.10. The molecule has 23 heavy (non-hydrogen) atoms. The first kappa shape index (κ1) is 16.5. The third-order valence-corrected chi connectivity index (χ3v) is 3.39. The molecule has 1 aromatic carbocycles. The zero-order valence-electron chi connectivity index (χ0n) is 13.1. The number of amides is 1. The van der Waals surface area contributed by atoms with Crippen molar-refractivity contribution in [1.29, 1.82) is 0 Å². The van der Waals surface area contributed by atoms with Crippen LogP contribution in [-0.2, 0) is 27.3 Å². The van der Waals surface area contributed by atoms with Crippen LogP contribution in [0.4, 0.5) is 4.79 Å². The highest BCUT2D eigenvalue weighted by molar-refractivity contribution is 5.81. The van der Waals surface area contributed by atoms with Crippen molar-refractivity contribution in [2.24, 2.45) is 0 Å². The summed E-state index contributed by atoms with van der Waals surface area (Å²) in [5, 5.41) is 0. The fraction of sp³-hybridized carbons (Fsp3) is 0.312. The minimum absolute atomic E-state index is 0.139. The number of benzene rings is 1. The van der Waals surface area contributed by atoms with E-state index in [1.54, 1.807) is 6.20 Å². The van der Waals surface area contributed by atoms with Gasteiger partial charge in [0.25, 0.3) is 0 Å². The molecule has 1 amide bonds. The lowest BCUT2D eigenvalue weighted by atomic mass is 10.1. The van der Waals surface area contributed by atoms with E-state index < -0.39 is 18.1 Å². The molecule has 1 heterocycles. The van der Waals surface area contributed by atoms with Gasteiger partial charge in [-0.3, -0.25) is 4.90 Å². The zero-order chi connectivity index (χ0) is 16.7. The minimum Gasteiger partial charge on any atom is -0.467 e. The predicted octanol–water partition coefficient (Wildman–Crippen LogP) is 1.76. The summed E-state index contributed by atoms with van der Waals surface area (Å²) in [4.78, 5) is 32.2. The molecule has 0 spiro atoms. The number of hydrogen-bond donors (Lipinski definition) is 1. The minimum atomic E-state index is -0.799. The number of likely N-dealkylation sites (N-methyl/N-ethyl adjacent to an activating group) is 1. The third-order valence-electron chi connectivity index (χ3n) is 3.39. The van der Waals surface area contributed by atoms with Gasteiger partial charge in [-0.15, -0.1) is 0 Å². The van der Waals surface area contributed by atoms with Crippen LogP contribution >= 0.6 is 0 Å². The first-order chi connectivity index (χ1) is 11.1. The molecule has 0 aliphatic carbocycles. The van der Waals surface area contributed by atoms with E-state index in [9.17, 15) is 9.59 Å². The van der Waals surface area contributed by atoms with Gasteiger partial charge in [0, 0.05) is 19.7 Å². The third kappa shape index (κ3) is 4.57. The molecule has 122 valence electrons. The molecule has 0 saturated carbocycles. The number of aromatic nitrogens is 2. The van der Waals surface area contributed by atoms with E-state index in [0.717, 1.165) is 5.56 Å². The maximum atomic E-state index is 12.2. The fourth-order valence-corrected chi connectivity index (χ4v) is 2.06. The van der Waals surface area contributed by atoms with E-state index >= 15 is 0 Å². The number of nitrogens with zero attached hydrogens (tertiary/aromatic N) is 2. The van der Waals surface area contributed by atoms with Crippen molar-refractivity contribution in [2.45, 2.75) is 19.1 Å². The summed E-state index contributed by atoms with van der Waals surface area (Å²) in [6.07, 6.45) is 2.82. The molecular weight excluding hydrogens is 298 g/mol. The molecule has 0 radical (unpaired) electrons. The molecule has 7 nitrogen and oxygen atoms in total. The molecule has 2 aromatic rings. The van der Waals surface area contributed by atoms with Gasteiger partial charge >= 0.3 is 12.1 Å². The smallest absolute Gasteiger partial charge is 0.410 e. The fourth-order valence-electron chi connectivity index (χ4n) is 2.06. The van der Waals surface area contributed by atoms with Crippen LogP contribution in [0.3, 0.4) is 0 Å². The summed E-state index contributed by atoms with van der Waals surface area (Å²) in [5.74, 6) is -0.521. The van der Waals surface area contributed by atoms with Crippen molar-refractivity contribution < 1.29 is 19.1 Å². The number of carbonyl (C=O) groups is 2. The summed E-state index contributed by atoms with van der Waals surface area (Å²) >= 11 is 0. The van der Waals surface area contributed by atoms with Crippen LogP contribution in [0.1, 0.15) is 11.3 Å². The standard InChI is InChI=1S/C16H19N3O4/c1-19(16(21)23-10-12-6-4-3-5-7-12)14(15(20)22-2)8-13-9-17-11-18-13/h3-7,9,11,14H,8,10H2,1-2H3,(H,17,18)/t14-/m0/s1. The van der Waals surface area contributed by atoms with E-state index in [4.69, 9.17) is 9.47 Å². The largest absolute Gasteiger partial charge is 0.467 e. The van der Waals surface area contributed by atoms with Crippen LogP contribution in [0.25, 0.3) is 0 Å². The highest BCUT2D eigenvalue weighted by Crippen LogP contribution is 2.10. The van der Waals surface area contributed by atoms with Gasteiger partial charge in [-0.2, -0.15) is 0 Å². The van der Waals surface area contributed by atoms with Crippen molar-refractivity contribution in [3.8, 4) is 0 Å². The quantitative estimate of drug-likeness (QED) is 0.821. The van der Waals surface area contributed by atoms with Crippen molar-refractivity contribution in [3.63, 3.8) is 0 Å². The molecular formula is C16H19N3O4. The van der Waals surface area contributed by atoms with Crippen LogP contribution in [0, 0.1) is 0 Å². The Hall–Kier alpha value is -2.83. The van der Waals surface area contributed by atoms with E-state index in [2.05, 4.69) is 9.97 Å². The van der Waals surface area contributed by atoms with E-state index in [1.807, 2.05) is 30.3 Å². The van der Waals surface area contributed by atoms with Crippen molar-refractivity contribution in [1.82, 2.24) is 14.9 Å². The molecule has 0 aliphatic rings. The van der Waals surface area contributed by atoms with Crippen LogP contribution in [0.5, 0.6) is 0 Å². The lowest BCUT2D eigenvalue weighted by Gasteiger charge is -2.24. The Morgan fingerprint density at radius 2 is 2.04 bits per heavy atom. The Morgan fingerprint density at radius 1 is 1.30 bits per heavy atom. The Bertz CT molecular complexity index is 628. The van der Waals surface area contributed by atoms with Crippen LogP contribution in [0.2, 0.25) is 0 Å². The first-order valence-corrected chi connectivity index (χ1v) is 7.10. The average Bonchev–Trinajstić information content (AvgIpc) is 3.10. The molecule has 0 aliphatic heterocycles. The Morgan fingerprint density at radius 3 is 2.65 bits per heavy atom. The summed E-state index contributed by atoms with van der Waals surface area (Å²) in [5.41, 5.74) is 1.53. The predicted molar refractivity (Wildman–Crippen MR) is 82.5 cm³/mol. The van der Waals surface area contributed by atoms with Crippen LogP contribution in [0.15, 0.2) is 42.9 Å². The zero-order valence-corrected chi connectivity index (χ0v) is 13.1. The number of imidazole rings is 1. The number of esters is 1. The number of ether oxygens (including phenoxy) is 2. The van der Waals surface area contributed by atoms with Gasteiger partial charge in [0.2, 0.25) is 0 Å². The molecule has 0 fully saturated rings. The number of methoxy groups -OCH3 is 1. The monoisotopic (exact) mass is 317 g/mol. The number of aromatic amines is 1. The van der Waals surface area contributed by atoms with E-state index in [0.29, 0.717) is 5.69 Å². The van der Waals surface area contributed by atoms with E-state index in [1.165, 1.54) is 25.4 Å². The number of hydrogen-bond acceptors (Lipinski definition) is 5. The van der Waals surface area contributed by atoms with Gasteiger partial charge in [-0.05, 0) is 5.56 Å². The number of nitrogens with one attached hydrogen (secondary N) is 1. The Kier molecular flexibility index (Phi) is 5.74. The lowest BCUT2D eigenvalue weighted by Crippen LogP contribution is -2.44. The van der Waals surface area contributed by atoms with Gasteiger partial charge < -0.3 is 14.5 Å². The van der Waals surface area contributed by atoms with Crippen LogP contribution in [-0.4, -0.2) is 47.1 Å². The Balaban J connectivity index is 1.99. The molecule has 1 N–H and O–H groups in total. The SMILES string of the molecule is COC(=O)[C@H](Cc1c[nH]cn1)N(C)C(=O)OCc1ccccc1.